The van der Waals surface area contributed by atoms with Gasteiger partial charge in [0.25, 0.3) is 0 Å². The molecular weight excluding hydrogens is 851 g/mol. The SMILES string of the molecule is CC1OC(O[C@H]2/C=C/C=C/C=C/C=C/C=C/C=C/C=C/[C@H](C)[C@@H](O)[C@@H](C)[C@H](C)OC(=O)C[C@H](O)C[C@H](O)C[C@H](O)CC[C@@H](O)[C@H](O)C[C@]3(O)C[C@H](O)[C@@H](C(=O)O)C(C2)O3)C(O)C(N)C1O. The van der Waals surface area contributed by atoms with Crippen molar-refractivity contribution >= 4 is 11.9 Å². The molecule has 18 heteroatoms. The second-order valence-corrected chi connectivity index (χ2v) is 17.6. The number of hydrogen-bond acceptors (Lipinski definition) is 17. The van der Waals surface area contributed by atoms with Crippen molar-refractivity contribution in [1.82, 2.24) is 0 Å². The van der Waals surface area contributed by atoms with Gasteiger partial charge < -0.3 is 80.9 Å². The zero-order valence-corrected chi connectivity index (χ0v) is 37.6. The second-order valence-electron chi connectivity index (χ2n) is 17.6. The quantitative estimate of drug-likeness (QED) is 0.174. The molecule has 0 amide bonds. The molecule has 6 unspecified atom stereocenters. The number of carboxylic acids is 1. The van der Waals surface area contributed by atoms with Crippen molar-refractivity contribution < 1.29 is 84.7 Å². The fourth-order valence-electron chi connectivity index (χ4n) is 7.96. The minimum Gasteiger partial charge on any atom is -0.481 e. The van der Waals surface area contributed by atoms with Crippen molar-refractivity contribution in [2.45, 2.75) is 177 Å². The molecule has 3 aliphatic rings. The normalized spacial score (nSPS) is 45.5. The summed E-state index contributed by atoms with van der Waals surface area (Å²) in [6, 6.07) is -1.15. The maximum atomic E-state index is 12.6. The fraction of sp³-hybridized carbons (Fsp3) is 0.660. The molecule has 3 aliphatic heterocycles. The van der Waals surface area contributed by atoms with E-state index in [2.05, 4.69) is 0 Å². The first-order chi connectivity index (χ1) is 30.6. The number of allylic oxidation sites excluding steroid dienone is 12. The number of carboxylic acid groups (broad SMARTS) is 1. The number of nitrogens with two attached hydrogens (primary N) is 1. The van der Waals surface area contributed by atoms with E-state index in [0.717, 1.165) is 0 Å². The van der Waals surface area contributed by atoms with Gasteiger partial charge in [-0.05, 0) is 39.5 Å². The van der Waals surface area contributed by atoms with Crippen LogP contribution in [0.25, 0.3) is 0 Å². The summed E-state index contributed by atoms with van der Waals surface area (Å²) in [6.07, 6.45) is 3.49. The molecule has 2 bridgehead atoms. The number of hydrogen-bond donors (Lipinski definition) is 12. The van der Waals surface area contributed by atoms with Crippen LogP contribution >= 0.6 is 0 Å². The number of rotatable bonds is 3. The fourth-order valence-corrected chi connectivity index (χ4v) is 7.96. The Morgan fingerprint density at radius 1 is 0.662 bits per heavy atom. The molecule has 0 aromatic heterocycles. The smallest absolute Gasteiger partial charge is 0.311 e. The van der Waals surface area contributed by atoms with Crippen LogP contribution in [0.3, 0.4) is 0 Å². The van der Waals surface area contributed by atoms with E-state index in [1.54, 1.807) is 86.8 Å². The third-order valence-corrected chi connectivity index (χ3v) is 12.0. The van der Waals surface area contributed by atoms with Crippen LogP contribution in [0.5, 0.6) is 0 Å². The first-order valence-electron chi connectivity index (χ1n) is 22.3. The molecule has 0 spiro atoms. The van der Waals surface area contributed by atoms with Crippen molar-refractivity contribution in [1.29, 1.82) is 0 Å². The van der Waals surface area contributed by atoms with E-state index >= 15 is 0 Å². The molecule has 3 heterocycles. The van der Waals surface area contributed by atoms with Gasteiger partial charge in [0.15, 0.2) is 12.1 Å². The number of esters is 1. The van der Waals surface area contributed by atoms with Gasteiger partial charge in [-0.1, -0.05) is 98.9 Å². The largest absolute Gasteiger partial charge is 0.481 e. The summed E-state index contributed by atoms with van der Waals surface area (Å²) in [5, 5.41) is 118. The van der Waals surface area contributed by atoms with Gasteiger partial charge in [-0.3, -0.25) is 9.59 Å². The van der Waals surface area contributed by atoms with Crippen molar-refractivity contribution in [3.05, 3.63) is 85.1 Å². The summed E-state index contributed by atoms with van der Waals surface area (Å²) in [6.45, 7) is 6.74. The predicted molar refractivity (Wildman–Crippen MR) is 237 cm³/mol. The minimum absolute atomic E-state index is 0.140. The molecule has 0 saturated carbocycles. The van der Waals surface area contributed by atoms with Crippen LogP contribution in [0.1, 0.15) is 79.1 Å². The Morgan fingerprint density at radius 2 is 1.20 bits per heavy atom. The van der Waals surface area contributed by atoms with Crippen LogP contribution < -0.4 is 5.73 Å². The Kier molecular flexibility index (Phi) is 23.6. The van der Waals surface area contributed by atoms with Crippen LogP contribution in [0.4, 0.5) is 0 Å². The molecule has 0 radical (unpaired) electrons. The first kappa shape index (κ1) is 55.9. The zero-order valence-electron chi connectivity index (χ0n) is 37.6. The lowest BCUT2D eigenvalue weighted by Gasteiger charge is -2.45. The highest BCUT2D eigenvalue weighted by Gasteiger charge is 2.51. The Hall–Kier alpha value is -3.44. The maximum Gasteiger partial charge on any atom is 0.311 e. The summed E-state index contributed by atoms with van der Waals surface area (Å²) in [5.74, 6) is -6.88. The molecule has 2 saturated heterocycles. The van der Waals surface area contributed by atoms with Gasteiger partial charge in [0.2, 0.25) is 0 Å². The lowest BCUT2D eigenvalue weighted by Crippen LogP contribution is -2.61. The molecule has 0 aromatic carbocycles. The van der Waals surface area contributed by atoms with Crippen LogP contribution in [0.2, 0.25) is 0 Å². The van der Waals surface area contributed by atoms with E-state index in [9.17, 15) is 65.8 Å². The molecule has 13 N–H and O–H groups in total. The Bertz CT molecular complexity index is 1670. The summed E-state index contributed by atoms with van der Waals surface area (Å²) in [7, 11) is 0. The van der Waals surface area contributed by atoms with Gasteiger partial charge in [-0.2, -0.15) is 0 Å². The number of aliphatic carboxylic acids is 1. The van der Waals surface area contributed by atoms with Gasteiger partial charge >= 0.3 is 11.9 Å². The molecule has 2 fully saturated rings. The van der Waals surface area contributed by atoms with E-state index < -0.39 is 141 Å². The van der Waals surface area contributed by atoms with E-state index in [4.69, 9.17) is 24.7 Å². The van der Waals surface area contributed by atoms with E-state index in [1.807, 2.05) is 13.0 Å². The summed E-state index contributed by atoms with van der Waals surface area (Å²) < 4.78 is 23.1. The number of ether oxygens (including phenoxy) is 4. The second kappa shape index (κ2) is 27.4. The van der Waals surface area contributed by atoms with Gasteiger partial charge in [-0.15, -0.1) is 0 Å². The number of carbonyl (C=O) groups excluding carboxylic acids is 1. The minimum atomic E-state index is -2.36. The van der Waals surface area contributed by atoms with Crippen LogP contribution in [0.15, 0.2) is 85.1 Å². The van der Waals surface area contributed by atoms with Crippen molar-refractivity contribution in [2.24, 2.45) is 23.5 Å². The van der Waals surface area contributed by atoms with Gasteiger partial charge in [0.05, 0.1) is 79.6 Å². The first-order valence-corrected chi connectivity index (χ1v) is 22.3. The van der Waals surface area contributed by atoms with Gasteiger partial charge in [0.1, 0.15) is 18.1 Å². The highest BCUT2D eigenvalue weighted by Crippen LogP contribution is 2.38. The monoisotopic (exact) mass is 923 g/mol. The van der Waals surface area contributed by atoms with Crippen LogP contribution in [0, 0.1) is 17.8 Å². The lowest BCUT2D eigenvalue weighted by molar-refractivity contribution is -0.310. The Morgan fingerprint density at radius 3 is 1.78 bits per heavy atom. The highest BCUT2D eigenvalue weighted by atomic mass is 16.7. The van der Waals surface area contributed by atoms with Crippen molar-refractivity contribution in [3.63, 3.8) is 0 Å². The van der Waals surface area contributed by atoms with Gasteiger partial charge in [-0.25, -0.2) is 0 Å². The Balaban J connectivity index is 1.86. The zero-order chi connectivity index (χ0) is 48.4. The van der Waals surface area contributed by atoms with Crippen molar-refractivity contribution in [2.75, 3.05) is 0 Å². The predicted octanol–water partition coefficient (Wildman–Crippen LogP) is 0.712. The molecule has 0 aliphatic carbocycles. The van der Waals surface area contributed by atoms with E-state index in [1.165, 1.54) is 13.0 Å². The van der Waals surface area contributed by atoms with Crippen LogP contribution in [-0.2, 0) is 28.5 Å². The number of fused-ring (bicyclic) bond motifs is 2. The molecular formula is C47H73NO17. The molecule has 3 rings (SSSR count). The number of aliphatic hydroxyl groups excluding tert-OH is 9. The van der Waals surface area contributed by atoms with Gasteiger partial charge in [0, 0.05) is 31.1 Å². The number of cyclic esters (lactones) is 1. The Labute approximate surface area is 381 Å². The molecule has 65 heavy (non-hydrogen) atoms. The number of aliphatic hydroxyl groups is 10. The average Bonchev–Trinajstić information content (AvgIpc) is 3.21. The molecule has 368 valence electrons. The third-order valence-electron chi connectivity index (χ3n) is 12.0. The topological polar surface area (TPSA) is 320 Å². The standard InChI is InChI=1S/C47H73NO17/c1-27-17-15-13-11-9-7-5-6-8-10-12-14-16-18-34(64-46-44(58)41(48)43(57)30(4)63-46)24-38-40(45(59)60)37(54)26-47(61,65-38)25-36(53)35(52)20-19-31(49)21-32(50)22-33(51)23-39(55)62-29(3)28(2)42(27)56/h5-18,27-38,40-44,46,49-54,56-58,61H,19-26,48H2,1-4H3,(H,59,60)/b6-5+,9-7+,10-8+,13-11+,14-12+,17-15+,18-16+/t27-,28-,29-,30?,31+,32+,33+,34-,35+,36+,37-,38?,40+,41?,42+,43?,44?,46?,47+/m0/s1. The maximum absolute atomic E-state index is 12.6. The summed E-state index contributed by atoms with van der Waals surface area (Å²) >= 11 is 0. The molecule has 18 nitrogen and oxygen atoms in total. The third kappa shape index (κ3) is 18.6. The van der Waals surface area contributed by atoms with Crippen molar-refractivity contribution in [3.8, 4) is 0 Å². The number of carbonyl (C=O) groups is 2. The summed E-state index contributed by atoms with van der Waals surface area (Å²) in [4.78, 5) is 25.1. The highest BCUT2D eigenvalue weighted by molar-refractivity contribution is 5.71. The van der Waals surface area contributed by atoms with Crippen LogP contribution in [-0.4, -0.2) is 166 Å². The summed E-state index contributed by atoms with van der Waals surface area (Å²) in [5.41, 5.74) is 6.02. The van der Waals surface area contributed by atoms with E-state index in [-0.39, 0.29) is 38.0 Å². The average molecular weight is 924 g/mol. The molecule has 19 atom stereocenters. The van der Waals surface area contributed by atoms with E-state index in [0.29, 0.717) is 0 Å². The molecule has 0 aromatic rings. The lowest BCUT2D eigenvalue weighted by atomic mass is 9.82.